The van der Waals surface area contributed by atoms with E-state index in [0.717, 1.165) is 35.1 Å². The van der Waals surface area contributed by atoms with Gasteiger partial charge in [-0.15, -0.1) is 0 Å². The van der Waals surface area contributed by atoms with Gasteiger partial charge in [0.2, 0.25) is 0 Å². The van der Waals surface area contributed by atoms with E-state index in [1.807, 2.05) is 10.9 Å². The standard InChI is InChI=1S/C14H19BrN2O/c1-4-5-17-13(12(15)9-16-17)10-6-11(18)8-14(2,3)7-10/h6,9H,4-5,7-8H2,1-3H3. The first kappa shape index (κ1) is 13.5. The van der Waals surface area contributed by atoms with Gasteiger partial charge in [-0.25, -0.2) is 0 Å². The lowest BCUT2D eigenvalue weighted by Gasteiger charge is -2.29. The molecule has 1 aromatic rings. The number of carbonyl (C=O) groups is 1. The molecule has 0 saturated carbocycles. The molecule has 0 saturated heterocycles. The molecule has 3 nitrogen and oxygen atoms in total. The van der Waals surface area contributed by atoms with E-state index in [4.69, 9.17) is 0 Å². The van der Waals surface area contributed by atoms with Crippen molar-refractivity contribution in [3.63, 3.8) is 0 Å². The summed E-state index contributed by atoms with van der Waals surface area (Å²) < 4.78 is 2.97. The smallest absolute Gasteiger partial charge is 0.156 e. The Hall–Kier alpha value is -0.900. The SMILES string of the molecule is CCCn1ncc(Br)c1C1=CC(=O)CC(C)(C)C1. The summed E-state index contributed by atoms with van der Waals surface area (Å²) in [4.78, 5) is 11.8. The van der Waals surface area contributed by atoms with Gasteiger partial charge in [-0.2, -0.15) is 5.10 Å². The van der Waals surface area contributed by atoms with Crippen molar-refractivity contribution in [2.45, 2.75) is 46.6 Å². The molecule has 98 valence electrons. The highest BCUT2D eigenvalue weighted by Crippen LogP contribution is 2.40. The Kier molecular flexibility index (Phi) is 3.76. The molecular weight excluding hydrogens is 292 g/mol. The van der Waals surface area contributed by atoms with Gasteiger partial charge in [-0.3, -0.25) is 9.48 Å². The lowest BCUT2D eigenvalue weighted by atomic mass is 9.76. The third-order valence-electron chi connectivity index (χ3n) is 3.19. The second kappa shape index (κ2) is 5.00. The van der Waals surface area contributed by atoms with E-state index in [0.29, 0.717) is 6.42 Å². The summed E-state index contributed by atoms with van der Waals surface area (Å²) in [5, 5.41) is 4.37. The van der Waals surface area contributed by atoms with Gasteiger partial charge in [0, 0.05) is 13.0 Å². The van der Waals surface area contributed by atoms with Crippen LogP contribution in [0.5, 0.6) is 0 Å². The van der Waals surface area contributed by atoms with E-state index in [1.54, 1.807) is 6.08 Å². The van der Waals surface area contributed by atoms with Gasteiger partial charge in [-0.1, -0.05) is 20.8 Å². The number of ketones is 1. The topological polar surface area (TPSA) is 34.9 Å². The van der Waals surface area contributed by atoms with E-state index < -0.39 is 0 Å². The Bertz CT molecular complexity index is 500. The molecule has 1 aliphatic carbocycles. The molecule has 1 heterocycles. The average Bonchev–Trinajstić information content (AvgIpc) is 2.57. The highest BCUT2D eigenvalue weighted by molar-refractivity contribution is 9.10. The van der Waals surface area contributed by atoms with Gasteiger partial charge in [-0.05, 0) is 45.8 Å². The average molecular weight is 311 g/mol. The number of hydrogen-bond acceptors (Lipinski definition) is 2. The van der Waals surface area contributed by atoms with Gasteiger partial charge in [0.1, 0.15) is 0 Å². The maximum Gasteiger partial charge on any atom is 0.156 e. The summed E-state index contributed by atoms with van der Waals surface area (Å²) in [5.41, 5.74) is 2.22. The van der Waals surface area contributed by atoms with Crippen LogP contribution in [0.2, 0.25) is 0 Å². The minimum atomic E-state index is 0.0436. The molecule has 0 radical (unpaired) electrons. The summed E-state index contributed by atoms with van der Waals surface area (Å²) in [5.74, 6) is 0.220. The zero-order valence-electron chi connectivity index (χ0n) is 11.2. The van der Waals surface area contributed by atoms with Crippen LogP contribution in [-0.4, -0.2) is 15.6 Å². The van der Waals surface area contributed by atoms with Crippen molar-refractivity contribution in [3.8, 4) is 0 Å². The van der Waals surface area contributed by atoms with Crippen molar-refractivity contribution < 1.29 is 4.79 Å². The largest absolute Gasteiger partial charge is 0.295 e. The van der Waals surface area contributed by atoms with Crippen molar-refractivity contribution in [2.75, 3.05) is 0 Å². The number of carbonyl (C=O) groups excluding carboxylic acids is 1. The third kappa shape index (κ3) is 2.74. The van der Waals surface area contributed by atoms with Crippen molar-refractivity contribution in [1.29, 1.82) is 0 Å². The quantitative estimate of drug-likeness (QED) is 0.850. The van der Waals surface area contributed by atoms with E-state index in [-0.39, 0.29) is 11.2 Å². The first-order chi connectivity index (χ1) is 8.43. The van der Waals surface area contributed by atoms with Crippen LogP contribution in [0.1, 0.15) is 45.7 Å². The van der Waals surface area contributed by atoms with Crippen LogP contribution in [-0.2, 0) is 11.3 Å². The summed E-state index contributed by atoms with van der Waals surface area (Å²) in [6.07, 6.45) is 6.20. The highest BCUT2D eigenvalue weighted by Gasteiger charge is 2.30. The number of halogens is 1. The van der Waals surface area contributed by atoms with Gasteiger partial charge in [0.25, 0.3) is 0 Å². The predicted octanol–water partition coefficient (Wildman–Crippen LogP) is 3.83. The number of nitrogens with zero attached hydrogens (tertiary/aromatic N) is 2. The molecule has 4 heteroatoms. The lowest BCUT2D eigenvalue weighted by Crippen LogP contribution is -2.22. The van der Waals surface area contributed by atoms with Crippen molar-refractivity contribution in [2.24, 2.45) is 5.41 Å². The van der Waals surface area contributed by atoms with Crippen LogP contribution in [0.3, 0.4) is 0 Å². The van der Waals surface area contributed by atoms with Crippen molar-refractivity contribution in [1.82, 2.24) is 9.78 Å². The number of allylic oxidation sites excluding steroid dienone is 2. The second-order valence-corrected chi connectivity index (χ2v) is 6.57. The zero-order valence-corrected chi connectivity index (χ0v) is 12.7. The van der Waals surface area contributed by atoms with Crippen LogP contribution in [0.25, 0.3) is 5.57 Å². The minimum absolute atomic E-state index is 0.0436. The number of hydrogen-bond donors (Lipinski definition) is 0. The minimum Gasteiger partial charge on any atom is -0.295 e. The van der Waals surface area contributed by atoms with Crippen molar-refractivity contribution >= 4 is 27.3 Å². The molecule has 1 aliphatic rings. The Labute approximate surface area is 116 Å². The Balaban J connectivity index is 2.42. The maximum atomic E-state index is 11.8. The summed E-state index contributed by atoms with van der Waals surface area (Å²) in [6, 6.07) is 0. The molecule has 0 aromatic carbocycles. The fourth-order valence-electron chi connectivity index (χ4n) is 2.56. The van der Waals surface area contributed by atoms with Crippen LogP contribution in [0.4, 0.5) is 0 Å². The molecule has 0 unspecified atom stereocenters. The predicted molar refractivity (Wildman–Crippen MR) is 76.2 cm³/mol. The number of rotatable bonds is 3. The maximum absolute atomic E-state index is 11.8. The summed E-state index contributed by atoms with van der Waals surface area (Å²) >= 11 is 3.54. The van der Waals surface area contributed by atoms with Crippen LogP contribution in [0, 0.1) is 5.41 Å². The van der Waals surface area contributed by atoms with Crippen LogP contribution in [0.15, 0.2) is 16.7 Å². The van der Waals surface area contributed by atoms with E-state index in [1.165, 1.54) is 0 Å². The molecule has 1 aromatic heterocycles. The molecule has 0 N–H and O–H groups in total. The molecule has 0 bridgehead atoms. The lowest BCUT2D eigenvalue weighted by molar-refractivity contribution is -0.116. The molecular formula is C14H19BrN2O. The molecule has 0 atom stereocenters. The fraction of sp³-hybridized carbons (Fsp3) is 0.571. The zero-order chi connectivity index (χ0) is 13.3. The van der Waals surface area contributed by atoms with Gasteiger partial charge < -0.3 is 0 Å². The van der Waals surface area contributed by atoms with Gasteiger partial charge in [0.15, 0.2) is 5.78 Å². The molecule has 0 aliphatic heterocycles. The van der Waals surface area contributed by atoms with Crippen LogP contribution < -0.4 is 0 Å². The molecule has 0 spiro atoms. The third-order valence-corrected chi connectivity index (χ3v) is 3.77. The van der Waals surface area contributed by atoms with E-state index in [9.17, 15) is 4.79 Å². The normalized spacial score (nSPS) is 18.9. The first-order valence-electron chi connectivity index (χ1n) is 6.38. The molecule has 0 fully saturated rings. The Morgan fingerprint density at radius 2 is 2.17 bits per heavy atom. The van der Waals surface area contributed by atoms with Crippen molar-refractivity contribution in [3.05, 3.63) is 22.4 Å². The number of aromatic nitrogens is 2. The number of aryl methyl sites for hydroxylation is 1. The van der Waals surface area contributed by atoms with E-state index in [2.05, 4.69) is 41.8 Å². The fourth-order valence-corrected chi connectivity index (χ4v) is 3.11. The van der Waals surface area contributed by atoms with E-state index >= 15 is 0 Å². The molecule has 2 rings (SSSR count). The van der Waals surface area contributed by atoms with Gasteiger partial charge in [0.05, 0.1) is 16.4 Å². The molecule has 0 amide bonds. The summed E-state index contributed by atoms with van der Waals surface area (Å²) in [6.45, 7) is 7.30. The Morgan fingerprint density at radius 1 is 1.44 bits per heavy atom. The first-order valence-corrected chi connectivity index (χ1v) is 7.17. The molecule has 18 heavy (non-hydrogen) atoms. The second-order valence-electron chi connectivity index (χ2n) is 5.72. The van der Waals surface area contributed by atoms with Crippen LogP contribution >= 0.6 is 15.9 Å². The van der Waals surface area contributed by atoms with Gasteiger partial charge >= 0.3 is 0 Å². The Morgan fingerprint density at radius 3 is 2.78 bits per heavy atom. The summed E-state index contributed by atoms with van der Waals surface area (Å²) in [7, 11) is 0. The highest BCUT2D eigenvalue weighted by atomic mass is 79.9. The monoisotopic (exact) mass is 310 g/mol.